The number of Topliss-reactive ketones (excluding diaryl/α,β-unsaturated/α-hetero) is 1. The summed E-state index contributed by atoms with van der Waals surface area (Å²) in [6, 6.07) is 15.6. The third kappa shape index (κ3) is 11.4. The summed E-state index contributed by atoms with van der Waals surface area (Å²) in [5, 5.41) is 11.6. The third-order valence-corrected chi connectivity index (χ3v) is 13.9. The SMILES string of the molecule is CC(=O)Oc1ccc(C(=O)NCCOc2c(OCCCC(=O)c3ccc(C)c(C)c3)c(Cl)c3sc(S(=O)(=O)NCP(=O)(O)Oc4ccc(C#N)c(F)c4)cc3c2Cl)cc1C. The van der Waals surface area contributed by atoms with Crippen LogP contribution in [0.3, 0.4) is 0 Å². The normalized spacial score (nSPS) is 12.3. The van der Waals surface area contributed by atoms with Crippen molar-refractivity contribution in [3.63, 3.8) is 0 Å². The van der Waals surface area contributed by atoms with Gasteiger partial charge in [0.05, 0.1) is 28.4 Å². The summed E-state index contributed by atoms with van der Waals surface area (Å²) in [4.78, 5) is 47.5. The van der Waals surface area contributed by atoms with Crippen LogP contribution in [0.5, 0.6) is 23.0 Å². The van der Waals surface area contributed by atoms with Gasteiger partial charge in [-0.25, -0.2) is 17.4 Å². The highest BCUT2D eigenvalue weighted by Gasteiger charge is 2.30. The Bertz CT molecular complexity index is 2710. The van der Waals surface area contributed by atoms with E-state index in [0.717, 1.165) is 29.3 Å². The fourth-order valence-electron chi connectivity index (χ4n) is 5.53. The van der Waals surface area contributed by atoms with Crippen molar-refractivity contribution < 1.29 is 55.4 Å². The molecule has 316 valence electrons. The van der Waals surface area contributed by atoms with Gasteiger partial charge in [-0.3, -0.25) is 14.4 Å². The van der Waals surface area contributed by atoms with Crippen molar-refractivity contribution in [2.45, 2.75) is 44.7 Å². The van der Waals surface area contributed by atoms with E-state index in [4.69, 9.17) is 47.2 Å². The topological polar surface area (TPSA) is 207 Å². The van der Waals surface area contributed by atoms with Gasteiger partial charge < -0.3 is 28.9 Å². The Morgan fingerprint density at radius 3 is 2.27 bits per heavy atom. The van der Waals surface area contributed by atoms with Crippen LogP contribution in [0.25, 0.3) is 10.1 Å². The van der Waals surface area contributed by atoms with Gasteiger partial charge in [0.15, 0.2) is 17.3 Å². The number of ether oxygens (including phenoxy) is 3. The molecule has 0 radical (unpaired) electrons. The predicted molar refractivity (Wildman–Crippen MR) is 224 cm³/mol. The van der Waals surface area contributed by atoms with Crippen LogP contribution in [-0.2, 0) is 19.4 Å². The quantitative estimate of drug-likeness (QED) is 0.0249. The van der Waals surface area contributed by atoms with Crippen LogP contribution in [0.2, 0.25) is 10.0 Å². The molecule has 20 heteroatoms. The third-order valence-electron chi connectivity index (χ3n) is 8.73. The number of halogens is 3. The molecule has 3 N–H and O–H groups in total. The molecule has 1 atom stereocenters. The van der Waals surface area contributed by atoms with E-state index >= 15 is 0 Å². The molecule has 0 bridgehead atoms. The summed E-state index contributed by atoms with van der Waals surface area (Å²) in [5.41, 5.74) is 3.10. The Labute approximate surface area is 358 Å². The molecule has 0 saturated carbocycles. The maximum atomic E-state index is 14.0. The lowest BCUT2D eigenvalue weighted by Gasteiger charge is -2.17. The Kier molecular flexibility index (Phi) is 15.0. The van der Waals surface area contributed by atoms with Crippen LogP contribution in [0.1, 0.15) is 62.7 Å². The average Bonchev–Trinajstić information content (AvgIpc) is 3.66. The van der Waals surface area contributed by atoms with Crippen LogP contribution in [0.15, 0.2) is 64.9 Å². The van der Waals surface area contributed by atoms with Crippen LogP contribution < -0.4 is 28.8 Å². The molecule has 5 rings (SSSR count). The van der Waals surface area contributed by atoms with Crippen LogP contribution in [-0.4, -0.2) is 57.0 Å². The van der Waals surface area contributed by atoms with E-state index in [2.05, 4.69) is 5.32 Å². The molecule has 1 aromatic heterocycles. The van der Waals surface area contributed by atoms with E-state index in [9.17, 15) is 36.7 Å². The standard InChI is InChI=1S/C40H37Cl2FN3O11PS2/c1-22-7-8-26(16-23(22)2)32(48)6-5-14-54-38-36(42)39-30(35(41)37(38)55-15-13-45-40(49)27-10-12-33(24(3)17-27)56-25(4)47)19-34(59-39)60(52,53)46-21-58(50,51)57-29-11-9-28(20-44)31(43)18-29/h7-12,16-19,46H,5-6,13-15,21H2,1-4H3,(H,45,49)(H,50,51). The van der Waals surface area contributed by atoms with Gasteiger partial charge in [0.1, 0.15) is 45.5 Å². The first-order chi connectivity index (χ1) is 28.3. The second kappa shape index (κ2) is 19.6. The molecule has 0 aliphatic carbocycles. The summed E-state index contributed by atoms with van der Waals surface area (Å²) >= 11 is 14.3. The van der Waals surface area contributed by atoms with Gasteiger partial charge in [-0.05, 0) is 86.3 Å². The molecule has 0 aliphatic heterocycles. The number of nitrogens with one attached hydrogen (secondary N) is 2. The van der Waals surface area contributed by atoms with Gasteiger partial charge in [0, 0.05) is 35.9 Å². The molecule has 14 nitrogen and oxygen atoms in total. The average molecular weight is 921 g/mol. The van der Waals surface area contributed by atoms with Gasteiger partial charge in [-0.1, -0.05) is 35.3 Å². The Morgan fingerprint density at radius 2 is 1.60 bits per heavy atom. The number of sulfonamides is 1. The van der Waals surface area contributed by atoms with Crippen molar-refractivity contribution in [1.82, 2.24) is 10.0 Å². The molecule has 0 saturated heterocycles. The number of carbonyl (C=O) groups excluding carboxylic acids is 3. The van der Waals surface area contributed by atoms with Gasteiger partial charge >= 0.3 is 13.6 Å². The summed E-state index contributed by atoms with van der Waals surface area (Å²) < 4.78 is 77.5. The van der Waals surface area contributed by atoms with Crippen molar-refractivity contribution in [2.24, 2.45) is 0 Å². The van der Waals surface area contributed by atoms with Gasteiger partial charge in [-0.2, -0.15) is 9.98 Å². The van der Waals surface area contributed by atoms with Crippen LogP contribution >= 0.6 is 42.1 Å². The van der Waals surface area contributed by atoms with E-state index in [0.29, 0.717) is 28.2 Å². The molecule has 5 aromatic rings. The maximum Gasteiger partial charge on any atom is 0.391 e. The molecule has 0 fully saturated rings. The van der Waals surface area contributed by atoms with E-state index in [1.807, 2.05) is 30.7 Å². The molecule has 1 heterocycles. The summed E-state index contributed by atoms with van der Waals surface area (Å²) in [6.45, 7) is 6.58. The number of nitriles is 1. The van der Waals surface area contributed by atoms with E-state index in [-0.39, 0.29) is 85.3 Å². The lowest BCUT2D eigenvalue weighted by atomic mass is 10.0. The van der Waals surface area contributed by atoms with Crippen molar-refractivity contribution in [3.05, 3.63) is 110 Å². The van der Waals surface area contributed by atoms with Crippen molar-refractivity contribution in [2.75, 3.05) is 26.0 Å². The minimum atomic E-state index is -4.74. The van der Waals surface area contributed by atoms with E-state index < -0.39 is 47.3 Å². The maximum absolute atomic E-state index is 14.0. The molecule has 0 aliphatic rings. The van der Waals surface area contributed by atoms with Gasteiger partial charge in [0.25, 0.3) is 15.9 Å². The van der Waals surface area contributed by atoms with Crippen LogP contribution in [0.4, 0.5) is 4.39 Å². The minimum Gasteiger partial charge on any atom is -0.488 e. The number of esters is 1. The minimum absolute atomic E-state index is 0.0269. The van der Waals surface area contributed by atoms with Crippen molar-refractivity contribution >= 4 is 79.9 Å². The Morgan fingerprint density at radius 1 is 0.917 bits per heavy atom. The number of thiophene rings is 1. The summed E-state index contributed by atoms with van der Waals surface area (Å²) in [5.74, 6) is -2.30. The number of ketones is 1. The molecular formula is C40H37Cl2FN3O11PS2. The number of hydrogen-bond donors (Lipinski definition) is 3. The lowest BCUT2D eigenvalue weighted by molar-refractivity contribution is -0.131. The molecule has 0 spiro atoms. The molecule has 4 aromatic carbocycles. The predicted octanol–water partition coefficient (Wildman–Crippen LogP) is 8.42. The fourth-order valence-corrected chi connectivity index (χ4v) is 10.2. The number of aryl methyl sites for hydroxylation is 3. The molecule has 60 heavy (non-hydrogen) atoms. The van der Waals surface area contributed by atoms with Gasteiger partial charge in [0.2, 0.25) is 0 Å². The number of benzene rings is 4. The van der Waals surface area contributed by atoms with E-state index in [1.54, 1.807) is 25.1 Å². The number of hydrogen-bond acceptors (Lipinski definition) is 12. The largest absolute Gasteiger partial charge is 0.488 e. The van der Waals surface area contributed by atoms with E-state index in [1.165, 1.54) is 25.1 Å². The highest BCUT2D eigenvalue weighted by molar-refractivity contribution is 7.92. The second-order valence-corrected chi connectivity index (χ2v) is 18.8. The number of rotatable bonds is 18. The summed E-state index contributed by atoms with van der Waals surface area (Å²) in [6.07, 6.45) is -0.724. The van der Waals surface area contributed by atoms with Crippen molar-refractivity contribution in [3.8, 4) is 29.1 Å². The molecular weight excluding hydrogens is 883 g/mol. The highest BCUT2D eigenvalue weighted by atomic mass is 35.5. The smallest absolute Gasteiger partial charge is 0.391 e. The Balaban J connectivity index is 1.34. The monoisotopic (exact) mass is 919 g/mol. The number of carbonyl (C=O) groups is 3. The first kappa shape index (κ1) is 46.0. The summed E-state index contributed by atoms with van der Waals surface area (Å²) in [7, 11) is -9.27. The van der Waals surface area contributed by atoms with Crippen molar-refractivity contribution in [1.29, 1.82) is 5.26 Å². The first-order valence-corrected chi connectivity index (χ1v) is 22.7. The van der Waals surface area contributed by atoms with Gasteiger partial charge in [-0.15, -0.1) is 11.3 Å². The number of nitrogens with zero attached hydrogens (tertiary/aromatic N) is 1. The molecule has 1 amide bonds. The number of amides is 1. The first-order valence-electron chi connectivity index (χ1n) is 17.9. The lowest BCUT2D eigenvalue weighted by Crippen LogP contribution is -2.28. The zero-order valence-corrected chi connectivity index (χ0v) is 36.4. The highest BCUT2D eigenvalue weighted by Crippen LogP contribution is 2.51. The molecule has 1 unspecified atom stereocenters. The zero-order chi connectivity index (χ0) is 43.9. The Hall–Kier alpha value is -5.05. The van der Waals surface area contributed by atoms with Crippen LogP contribution in [0, 0.1) is 37.9 Å². The fraction of sp³-hybridized carbons (Fsp3) is 0.250. The zero-order valence-electron chi connectivity index (χ0n) is 32.4. The second-order valence-electron chi connectivity index (χ2n) is 13.2. The number of fused-ring (bicyclic) bond motifs is 1.